The van der Waals surface area contributed by atoms with E-state index in [2.05, 4.69) is 10.1 Å². The highest BCUT2D eigenvalue weighted by molar-refractivity contribution is 5.69. The van der Waals surface area contributed by atoms with Crippen LogP contribution >= 0.6 is 0 Å². The van der Waals surface area contributed by atoms with Gasteiger partial charge in [0.2, 0.25) is 0 Å². The van der Waals surface area contributed by atoms with Gasteiger partial charge in [-0.05, 0) is 19.1 Å². The number of carboxylic acids is 1. The molecule has 0 fully saturated rings. The largest absolute Gasteiger partial charge is 0.481 e. The van der Waals surface area contributed by atoms with Crippen LogP contribution in [-0.2, 0) is 11.2 Å². The fourth-order valence-electron chi connectivity index (χ4n) is 1.41. The second-order valence-corrected chi connectivity index (χ2v) is 3.50. The zero-order valence-electron chi connectivity index (χ0n) is 8.79. The van der Waals surface area contributed by atoms with Crippen molar-refractivity contribution < 1.29 is 9.90 Å². The average molecular weight is 217 g/mol. The molecule has 0 aliphatic heterocycles. The molecule has 1 N–H and O–H groups in total. The van der Waals surface area contributed by atoms with Crippen LogP contribution in [0.1, 0.15) is 11.3 Å². The highest BCUT2D eigenvalue weighted by Crippen LogP contribution is 2.06. The van der Waals surface area contributed by atoms with E-state index in [4.69, 9.17) is 5.11 Å². The Morgan fingerprint density at radius 3 is 3.00 bits per heavy atom. The molecule has 2 aromatic heterocycles. The van der Waals surface area contributed by atoms with Crippen molar-refractivity contribution in [2.75, 3.05) is 0 Å². The third-order valence-corrected chi connectivity index (χ3v) is 2.10. The van der Waals surface area contributed by atoms with Gasteiger partial charge < -0.3 is 5.11 Å². The summed E-state index contributed by atoms with van der Waals surface area (Å²) in [6.07, 6.45) is 3.19. The maximum absolute atomic E-state index is 10.5. The highest BCUT2D eigenvalue weighted by Gasteiger charge is 2.05. The zero-order valence-corrected chi connectivity index (χ0v) is 8.79. The summed E-state index contributed by atoms with van der Waals surface area (Å²) in [5.41, 5.74) is 1.56. The molecular weight excluding hydrogens is 206 g/mol. The van der Waals surface area contributed by atoms with Crippen molar-refractivity contribution in [1.29, 1.82) is 0 Å². The Morgan fingerprint density at radius 1 is 1.50 bits per heavy atom. The summed E-state index contributed by atoms with van der Waals surface area (Å²) in [4.78, 5) is 14.8. The molecular formula is C11H11N3O2. The number of aryl methyl sites for hydroxylation is 1. The summed E-state index contributed by atoms with van der Waals surface area (Å²) in [6.45, 7) is 1.89. The monoisotopic (exact) mass is 217 g/mol. The quantitative estimate of drug-likeness (QED) is 0.838. The number of rotatable bonds is 3. The van der Waals surface area contributed by atoms with Crippen molar-refractivity contribution >= 4 is 5.97 Å². The molecule has 0 atom stereocenters. The number of hydrogen-bond acceptors (Lipinski definition) is 3. The lowest BCUT2D eigenvalue weighted by Crippen LogP contribution is -2.00. The SMILES string of the molecule is Cc1cccc(-n2cc(CC(=O)O)cn2)n1. The van der Waals surface area contributed by atoms with Crippen molar-refractivity contribution in [3.8, 4) is 5.82 Å². The van der Waals surface area contributed by atoms with Gasteiger partial charge in [-0.25, -0.2) is 9.67 Å². The van der Waals surface area contributed by atoms with Gasteiger partial charge in [-0.2, -0.15) is 5.10 Å². The molecule has 0 saturated carbocycles. The molecule has 2 aromatic rings. The maximum atomic E-state index is 10.5. The summed E-state index contributed by atoms with van der Waals surface area (Å²) in [5.74, 6) is -0.173. The van der Waals surface area contributed by atoms with Crippen LogP contribution in [0.15, 0.2) is 30.6 Å². The molecule has 2 heterocycles. The second kappa shape index (κ2) is 4.14. The number of nitrogens with zero attached hydrogens (tertiary/aromatic N) is 3. The van der Waals surface area contributed by atoms with Crippen LogP contribution in [0.4, 0.5) is 0 Å². The first-order valence-electron chi connectivity index (χ1n) is 4.84. The lowest BCUT2D eigenvalue weighted by atomic mass is 10.3. The van der Waals surface area contributed by atoms with Gasteiger partial charge in [0, 0.05) is 17.5 Å². The Bertz CT molecular complexity index is 519. The first-order valence-corrected chi connectivity index (χ1v) is 4.84. The van der Waals surface area contributed by atoms with Gasteiger partial charge in [-0.1, -0.05) is 6.07 Å². The van der Waals surface area contributed by atoms with E-state index in [9.17, 15) is 4.79 Å². The Labute approximate surface area is 92.4 Å². The fraction of sp³-hybridized carbons (Fsp3) is 0.182. The first kappa shape index (κ1) is 10.4. The Balaban J connectivity index is 2.28. The number of pyridine rings is 1. The Kier molecular flexibility index (Phi) is 2.68. The van der Waals surface area contributed by atoms with Gasteiger partial charge in [0.1, 0.15) is 0 Å². The van der Waals surface area contributed by atoms with Gasteiger partial charge in [0.15, 0.2) is 5.82 Å². The summed E-state index contributed by atoms with van der Waals surface area (Å²) in [6, 6.07) is 5.60. The summed E-state index contributed by atoms with van der Waals surface area (Å²) in [7, 11) is 0. The van der Waals surface area contributed by atoms with Crippen LogP contribution in [0.25, 0.3) is 5.82 Å². The lowest BCUT2D eigenvalue weighted by molar-refractivity contribution is -0.136. The van der Waals surface area contributed by atoms with E-state index in [0.29, 0.717) is 11.4 Å². The highest BCUT2D eigenvalue weighted by atomic mass is 16.4. The minimum Gasteiger partial charge on any atom is -0.481 e. The number of hydrogen-bond donors (Lipinski definition) is 1. The molecule has 0 amide bonds. The van der Waals surface area contributed by atoms with E-state index >= 15 is 0 Å². The van der Waals surface area contributed by atoms with E-state index in [1.807, 2.05) is 25.1 Å². The Hall–Kier alpha value is -2.17. The summed E-state index contributed by atoms with van der Waals surface area (Å²) in [5, 5.41) is 12.7. The van der Waals surface area contributed by atoms with Crippen molar-refractivity contribution in [2.24, 2.45) is 0 Å². The van der Waals surface area contributed by atoms with E-state index in [0.717, 1.165) is 5.69 Å². The fourth-order valence-corrected chi connectivity index (χ4v) is 1.41. The van der Waals surface area contributed by atoms with Crippen LogP contribution in [0.3, 0.4) is 0 Å². The molecule has 16 heavy (non-hydrogen) atoms. The average Bonchev–Trinajstić information content (AvgIpc) is 2.65. The van der Waals surface area contributed by atoms with E-state index in [1.165, 1.54) is 6.20 Å². The minimum absolute atomic E-state index is 0.0220. The molecule has 0 unspecified atom stereocenters. The number of aromatic nitrogens is 3. The molecule has 0 bridgehead atoms. The smallest absolute Gasteiger partial charge is 0.307 e. The zero-order chi connectivity index (χ0) is 11.5. The summed E-state index contributed by atoms with van der Waals surface area (Å²) >= 11 is 0. The van der Waals surface area contributed by atoms with Crippen LogP contribution < -0.4 is 0 Å². The molecule has 0 spiro atoms. The van der Waals surface area contributed by atoms with Crippen molar-refractivity contribution in [2.45, 2.75) is 13.3 Å². The van der Waals surface area contributed by atoms with Crippen LogP contribution in [0.2, 0.25) is 0 Å². The van der Waals surface area contributed by atoms with Crippen LogP contribution in [-0.4, -0.2) is 25.8 Å². The third kappa shape index (κ3) is 2.25. The Morgan fingerprint density at radius 2 is 2.31 bits per heavy atom. The standard InChI is InChI=1S/C11H11N3O2/c1-8-3-2-4-10(13-8)14-7-9(6-12-14)5-11(15)16/h2-4,6-7H,5H2,1H3,(H,15,16). The second-order valence-electron chi connectivity index (χ2n) is 3.50. The van der Waals surface area contributed by atoms with E-state index in [-0.39, 0.29) is 6.42 Å². The van der Waals surface area contributed by atoms with Crippen molar-refractivity contribution in [3.05, 3.63) is 41.9 Å². The van der Waals surface area contributed by atoms with Gasteiger partial charge in [-0.15, -0.1) is 0 Å². The predicted octanol–water partition coefficient (Wildman–Crippen LogP) is 1.20. The molecule has 0 saturated heterocycles. The van der Waals surface area contributed by atoms with E-state index < -0.39 is 5.97 Å². The summed E-state index contributed by atoms with van der Waals surface area (Å²) < 4.78 is 1.57. The topological polar surface area (TPSA) is 68.0 Å². The molecule has 0 aliphatic rings. The molecule has 0 aliphatic carbocycles. The molecule has 0 radical (unpaired) electrons. The van der Waals surface area contributed by atoms with Gasteiger partial charge in [0.05, 0.1) is 12.6 Å². The maximum Gasteiger partial charge on any atom is 0.307 e. The van der Waals surface area contributed by atoms with Crippen LogP contribution in [0, 0.1) is 6.92 Å². The van der Waals surface area contributed by atoms with Crippen LogP contribution in [0.5, 0.6) is 0 Å². The third-order valence-electron chi connectivity index (χ3n) is 2.10. The van der Waals surface area contributed by atoms with Gasteiger partial charge in [-0.3, -0.25) is 4.79 Å². The predicted molar refractivity (Wildman–Crippen MR) is 57.4 cm³/mol. The van der Waals surface area contributed by atoms with Crippen molar-refractivity contribution in [1.82, 2.24) is 14.8 Å². The number of carbonyl (C=O) groups is 1. The molecule has 5 nitrogen and oxygen atoms in total. The molecule has 82 valence electrons. The first-order chi connectivity index (χ1) is 7.65. The van der Waals surface area contributed by atoms with Gasteiger partial charge >= 0.3 is 5.97 Å². The molecule has 2 rings (SSSR count). The molecule has 5 heteroatoms. The minimum atomic E-state index is -0.864. The van der Waals surface area contributed by atoms with Gasteiger partial charge in [0.25, 0.3) is 0 Å². The lowest BCUT2D eigenvalue weighted by Gasteiger charge is -2.00. The number of aliphatic carboxylic acids is 1. The van der Waals surface area contributed by atoms with Crippen molar-refractivity contribution in [3.63, 3.8) is 0 Å². The van der Waals surface area contributed by atoms with E-state index in [1.54, 1.807) is 10.9 Å². The number of carboxylic acid groups (broad SMARTS) is 1. The molecule has 0 aromatic carbocycles. The normalized spacial score (nSPS) is 10.3.